The third-order valence-corrected chi connectivity index (χ3v) is 5.50. The average molecular weight is 508 g/mol. The largest absolute Gasteiger partial charge is 0.444 e. The molecule has 0 saturated heterocycles. The van der Waals surface area contributed by atoms with Crippen LogP contribution in [0.15, 0.2) is 61.2 Å². The van der Waals surface area contributed by atoms with Crippen LogP contribution in [0.1, 0.15) is 43.5 Å². The first-order chi connectivity index (χ1) is 17.0. The Kier molecular flexibility index (Phi) is 10.2. The lowest BCUT2D eigenvalue weighted by Crippen LogP contribution is -2.53. The Morgan fingerprint density at radius 1 is 1.17 bits per heavy atom. The van der Waals surface area contributed by atoms with Crippen molar-refractivity contribution < 1.29 is 19.1 Å². The van der Waals surface area contributed by atoms with Gasteiger partial charge in [0.15, 0.2) is 0 Å². The molecule has 2 unspecified atom stereocenters. The van der Waals surface area contributed by atoms with Crippen molar-refractivity contribution in [2.45, 2.75) is 45.4 Å². The number of carbonyl (C=O) groups is 3. The number of terminal acetylenes is 1. The number of hydrogen-bond acceptors (Lipinski definition) is 5. The van der Waals surface area contributed by atoms with Crippen LogP contribution in [0.3, 0.4) is 0 Å². The highest BCUT2D eigenvalue weighted by molar-refractivity contribution is 7.80. The van der Waals surface area contributed by atoms with E-state index in [0.717, 1.165) is 5.56 Å². The molecular weight excluding hydrogens is 474 g/mol. The van der Waals surface area contributed by atoms with Gasteiger partial charge in [0.05, 0.1) is 0 Å². The topological polar surface area (TPSA) is 87.7 Å². The summed E-state index contributed by atoms with van der Waals surface area (Å²) in [4.78, 5) is 41.1. The third kappa shape index (κ3) is 7.92. The van der Waals surface area contributed by atoms with Crippen molar-refractivity contribution >= 4 is 36.2 Å². The normalized spacial score (nSPS) is 12.4. The molecule has 2 rings (SSSR count). The van der Waals surface area contributed by atoms with Crippen molar-refractivity contribution in [2.75, 3.05) is 17.6 Å². The number of alkyl carbamates (subject to hydrolysis) is 1. The zero-order valence-electron chi connectivity index (χ0n) is 21.1. The number of nitrogens with zero attached hydrogens (tertiary/aromatic N) is 1. The van der Waals surface area contributed by atoms with E-state index in [1.54, 1.807) is 51.1 Å². The summed E-state index contributed by atoms with van der Waals surface area (Å²) in [5, 5.41) is 5.48. The second-order valence-electron chi connectivity index (χ2n) is 9.13. The second-order valence-corrected chi connectivity index (χ2v) is 9.50. The summed E-state index contributed by atoms with van der Waals surface area (Å²) in [6.45, 7) is 10.8. The number of benzene rings is 2. The SMILES string of the molecule is C#Cc1ccc(C(C(=O)Nc2ccccc2C)N(CC=C)C(=O)C(CS)NC(=O)OC(C)(C)C)cc1. The van der Waals surface area contributed by atoms with E-state index in [4.69, 9.17) is 11.2 Å². The summed E-state index contributed by atoms with van der Waals surface area (Å²) in [5.74, 6) is 1.60. The molecule has 0 saturated carbocycles. The number of aryl methyl sites for hydroxylation is 1. The minimum Gasteiger partial charge on any atom is -0.444 e. The fourth-order valence-electron chi connectivity index (χ4n) is 3.45. The van der Waals surface area contributed by atoms with Gasteiger partial charge in [-0.2, -0.15) is 12.6 Å². The zero-order chi connectivity index (χ0) is 26.9. The van der Waals surface area contributed by atoms with E-state index in [2.05, 4.69) is 35.8 Å². The predicted octanol–water partition coefficient (Wildman–Crippen LogP) is 4.49. The molecule has 0 aromatic heterocycles. The van der Waals surface area contributed by atoms with Crippen molar-refractivity contribution in [3.8, 4) is 12.3 Å². The summed E-state index contributed by atoms with van der Waals surface area (Å²) in [5.41, 5.74) is 1.93. The van der Waals surface area contributed by atoms with Crippen molar-refractivity contribution in [3.05, 3.63) is 77.9 Å². The molecule has 2 N–H and O–H groups in total. The van der Waals surface area contributed by atoms with Crippen LogP contribution < -0.4 is 10.6 Å². The Hall–Kier alpha value is -3.70. The molecule has 0 radical (unpaired) electrons. The van der Waals surface area contributed by atoms with Crippen LogP contribution in [0.2, 0.25) is 0 Å². The monoisotopic (exact) mass is 507 g/mol. The van der Waals surface area contributed by atoms with E-state index < -0.39 is 35.6 Å². The summed E-state index contributed by atoms with van der Waals surface area (Å²) in [6, 6.07) is 12.1. The van der Waals surface area contributed by atoms with Gasteiger partial charge in [-0.25, -0.2) is 4.79 Å². The molecule has 0 aliphatic heterocycles. The third-order valence-electron chi connectivity index (χ3n) is 5.14. The van der Waals surface area contributed by atoms with Gasteiger partial charge >= 0.3 is 6.09 Å². The molecule has 0 bridgehead atoms. The fourth-order valence-corrected chi connectivity index (χ4v) is 3.69. The van der Waals surface area contributed by atoms with E-state index in [1.807, 2.05) is 25.1 Å². The fraction of sp³-hybridized carbons (Fsp3) is 0.321. The number of rotatable bonds is 9. The molecule has 0 aliphatic rings. The minimum absolute atomic E-state index is 0.00607. The quantitative estimate of drug-likeness (QED) is 0.265. The van der Waals surface area contributed by atoms with Gasteiger partial charge in [-0.1, -0.05) is 42.3 Å². The van der Waals surface area contributed by atoms with Crippen LogP contribution in [0.4, 0.5) is 10.5 Å². The number of carbonyl (C=O) groups excluding carboxylic acids is 3. The molecule has 2 atom stereocenters. The molecule has 8 heteroatoms. The van der Waals surface area contributed by atoms with Crippen LogP contribution >= 0.6 is 12.6 Å². The van der Waals surface area contributed by atoms with Gasteiger partial charge in [-0.15, -0.1) is 13.0 Å². The number of para-hydroxylation sites is 1. The Morgan fingerprint density at radius 3 is 2.33 bits per heavy atom. The number of thiol groups is 1. The smallest absolute Gasteiger partial charge is 0.408 e. The summed E-state index contributed by atoms with van der Waals surface area (Å²) in [7, 11) is 0. The molecule has 190 valence electrons. The highest BCUT2D eigenvalue weighted by Crippen LogP contribution is 2.26. The van der Waals surface area contributed by atoms with Crippen LogP contribution in [0.5, 0.6) is 0 Å². The standard InChI is InChI=1S/C28H33N3O4S/c1-7-17-31(26(33)23(18-36)30-27(34)35-28(4,5)6)24(21-15-13-20(8-2)14-16-21)25(32)29-22-12-10-9-11-19(22)3/h2,7,9-16,23-24,36H,1,17-18H2,3-6H3,(H,29,32)(H,30,34). The predicted molar refractivity (Wildman–Crippen MR) is 146 cm³/mol. The number of hydrogen-bond donors (Lipinski definition) is 3. The van der Waals surface area contributed by atoms with E-state index in [9.17, 15) is 14.4 Å². The van der Waals surface area contributed by atoms with E-state index in [1.165, 1.54) is 11.0 Å². The summed E-state index contributed by atoms with van der Waals surface area (Å²) >= 11 is 4.26. The van der Waals surface area contributed by atoms with Crippen molar-refractivity contribution in [1.29, 1.82) is 0 Å². The molecule has 0 fully saturated rings. The van der Waals surface area contributed by atoms with Crippen LogP contribution in [-0.4, -0.2) is 46.7 Å². The molecule has 0 spiro atoms. The lowest BCUT2D eigenvalue weighted by atomic mass is 10.0. The first-order valence-corrected chi connectivity index (χ1v) is 12.1. The number of anilines is 1. The van der Waals surface area contributed by atoms with Crippen molar-refractivity contribution in [1.82, 2.24) is 10.2 Å². The van der Waals surface area contributed by atoms with Gasteiger partial charge in [0.2, 0.25) is 5.91 Å². The van der Waals surface area contributed by atoms with Gasteiger partial charge in [0.25, 0.3) is 5.91 Å². The molecule has 36 heavy (non-hydrogen) atoms. The Bertz CT molecular complexity index is 1130. The summed E-state index contributed by atoms with van der Waals surface area (Å²) in [6.07, 6.45) is 6.25. The highest BCUT2D eigenvalue weighted by atomic mass is 32.1. The Morgan fingerprint density at radius 2 is 1.81 bits per heavy atom. The molecule has 0 aliphatic carbocycles. The molecule has 2 aromatic rings. The Labute approximate surface area is 218 Å². The molecule has 2 aromatic carbocycles. The number of nitrogens with one attached hydrogen (secondary N) is 2. The van der Waals surface area contributed by atoms with Crippen molar-refractivity contribution in [2.24, 2.45) is 0 Å². The van der Waals surface area contributed by atoms with Gasteiger partial charge in [-0.05, 0) is 57.0 Å². The van der Waals surface area contributed by atoms with Gasteiger partial charge in [0.1, 0.15) is 17.7 Å². The van der Waals surface area contributed by atoms with Gasteiger partial charge in [0, 0.05) is 23.5 Å². The zero-order valence-corrected chi connectivity index (χ0v) is 22.0. The average Bonchev–Trinajstić information content (AvgIpc) is 2.82. The maximum atomic E-state index is 13.7. The Balaban J connectivity index is 2.47. The van der Waals surface area contributed by atoms with E-state index >= 15 is 0 Å². The first kappa shape index (κ1) is 28.5. The van der Waals surface area contributed by atoms with Crippen LogP contribution in [-0.2, 0) is 14.3 Å². The molecule has 0 heterocycles. The molecular formula is C28H33N3O4S. The van der Waals surface area contributed by atoms with Crippen LogP contribution in [0.25, 0.3) is 0 Å². The maximum absolute atomic E-state index is 13.7. The minimum atomic E-state index is -1.04. The first-order valence-electron chi connectivity index (χ1n) is 11.5. The van der Waals surface area contributed by atoms with Crippen LogP contribution in [0, 0.1) is 19.3 Å². The second kappa shape index (κ2) is 12.8. The maximum Gasteiger partial charge on any atom is 0.408 e. The number of amides is 3. The van der Waals surface area contributed by atoms with Crippen molar-refractivity contribution in [3.63, 3.8) is 0 Å². The van der Waals surface area contributed by atoms with E-state index in [0.29, 0.717) is 16.8 Å². The van der Waals surface area contributed by atoms with E-state index in [-0.39, 0.29) is 12.3 Å². The molecule has 7 nitrogen and oxygen atoms in total. The highest BCUT2D eigenvalue weighted by Gasteiger charge is 2.35. The lowest BCUT2D eigenvalue weighted by molar-refractivity contribution is -0.139. The number of ether oxygens (including phenoxy) is 1. The van der Waals surface area contributed by atoms with Gasteiger partial charge in [-0.3, -0.25) is 9.59 Å². The molecule has 3 amide bonds. The van der Waals surface area contributed by atoms with Gasteiger partial charge < -0.3 is 20.3 Å². The summed E-state index contributed by atoms with van der Waals surface area (Å²) < 4.78 is 5.30. The lowest BCUT2D eigenvalue weighted by Gasteiger charge is -2.33.